The lowest BCUT2D eigenvalue weighted by molar-refractivity contribution is -0.122. The SMILES string of the molecule is CCOc1cc2c(cc1CNC(=O)Cn1nc(C)c(C)c(C#N)c1=O)O[C@@H](C)C2. The molecule has 152 valence electrons. The van der Waals surface area contributed by atoms with Crippen molar-refractivity contribution in [1.29, 1.82) is 5.26 Å². The minimum atomic E-state index is -0.569. The molecular weight excluding hydrogens is 372 g/mol. The number of nitriles is 1. The van der Waals surface area contributed by atoms with Crippen molar-refractivity contribution in [2.75, 3.05) is 6.61 Å². The number of amides is 1. The normalized spacial score (nSPS) is 14.7. The van der Waals surface area contributed by atoms with Gasteiger partial charge < -0.3 is 14.8 Å². The molecule has 0 fully saturated rings. The molecule has 1 aliphatic rings. The van der Waals surface area contributed by atoms with E-state index >= 15 is 0 Å². The highest BCUT2D eigenvalue weighted by Crippen LogP contribution is 2.35. The molecule has 0 bridgehead atoms. The summed E-state index contributed by atoms with van der Waals surface area (Å²) < 4.78 is 12.5. The van der Waals surface area contributed by atoms with Crippen molar-refractivity contribution in [3.8, 4) is 17.6 Å². The summed E-state index contributed by atoms with van der Waals surface area (Å²) in [7, 11) is 0. The third-order valence-electron chi connectivity index (χ3n) is 4.90. The summed E-state index contributed by atoms with van der Waals surface area (Å²) in [5, 5.41) is 16.1. The number of nitrogens with zero attached hydrogens (tertiary/aromatic N) is 3. The molecule has 29 heavy (non-hydrogen) atoms. The maximum Gasteiger partial charge on any atom is 0.285 e. The summed E-state index contributed by atoms with van der Waals surface area (Å²) in [6.07, 6.45) is 0.936. The Morgan fingerprint density at radius 1 is 1.45 bits per heavy atom. The van der Waals surface area contributed by atoms with Gasteiger partial charge in [-0.25, -0.2) is 4.68 Å². The number of rotatable bonds is 6. The van der Waals surface area contributed by atoms with Crippen LogP contribution in [0.2, 0.25) is 0 Å². The van der Waals surface area contributed by atoms with E-state index in [1.165, 1.54) is 0 Å². The van der Waals surface area contributed by atoms with E-state index in [0.29, 0.717) is 23.6 Å². The molecule has 1 aliphatic heterocycles. The number of nitrogens with one attached hydrogen (secondary N) is 1. The smallest absolute Gasteiger partial charge is 0.285 e. The van der Waals surface area contributed by atoms with Gasteiger partial charge in [-0.2, -0.15) is 10.4 Å². The largest absolute Gasteiger partial charge is 0.494 e. The van der Waals surface area contributed by atoms with Crippen LogP contribution in [0, 0.1) is 25.2 Å². The van der Waals surface area contributed by atoms with Crippen LogP contribution in [0.3, 0.4) is 0 Å². The van der Waals surface area contributed by atoms with E-state index in [1.54, 1.807) is 13.8 Å². The van der Waals surface area contributed by atoms with Gasteiger partial charge in [0.1, 0.15) is 35.8 Å². The van der Waals surface area contributed by atoms with Gasteiger partial charge in [-0.1, -0.05) is 0 Å². The predicted octanol–water partition coefficient (Wildman–Crippen LogP) is 1.77. The zero-order valence-corrected chi connectivity index (χ0v) is 17.0. The first-order valence-electron chi connectivity index (χ1n) is 9.54. The summed E-state index contributed by atoms with van der Waals surface area (Å²) in [5.41, 5.74) is 2.40. The van der Waals surface area contributed by atoms with Gasteiger partial charge in [0.15, 0.2) is 0 Å². The molecule has 3 rings (SSSR count). The Balaban J connectivity index is 1.75. The van der Waals surface area contributed by atoms with Gasteiger partial charge in [0.05, 0.1) is 12.3 Å². The van der Waals surface area contributed by atoms with Gasteiger partial charge in [0.25, 0.3) is 5.56 Å². The van der Waals surface area contributed by atoms with Crippen molar-refractivity contribution >= 4 is 5.91 Å². The quantitative estimate of drug-likeness (QED) is 0.798. The van der Waals surface area contributed by atoms with Crippen LogP contribution in [0.5, 0.6) is 11.5 Å². The summed E-state index contributed by atoms with van der Waals surface area (Å²) in [5.74, 6) is 1.12. The standard InChI is InChI=1S/C21H24N4O4/c1-5-28-18-7-15-6-12(2)29-19(15)8-16(18)10-23-20(26)11-25-21(27)17(9-22)13(3)14(4)24-25/h7-8,12H,5-6,10-11H2,1-4H3,(H,23,26)/t12-/m0/s1. The average Bonchev–Trinajstić information content (AvgIpc) is 3.04. The van der Waals surface area contributed by atoms with Crippen LogP contribution < -0.4 is 20.3 Å². The predicted molar refractivity (Wildman–Crippen MR) is 106 cm³/mol. The number of ether oxygens (including phenoxy) is 2. The van der Waals surface area contributed by atoms with Gasteiger partial charge in [-0.3, -0.25) is 9.59 Å². The van der Waals surface area contributed by atoms with Gasteiger partial charge in [-0.15, -0.1) is 0 Å². The lowest BCUT2D eigenvalue weighted by Crippen LogP contribution is -2.35. The van der Waals surface area contributed by atoms with Gasteiger partial charge in [-0.05, 0) is 45.4 Å². The summed E-state index contributed by atoms with van der Waals surface area (Å²) >= 11 is 0. The number of aromatic nitrogens is 2. The highest BCUT2D eigenvalue weighted by atomic mass is 16.5. The zero-order valence-electron chi connectivity index (χ0n) is 17.0. The van der Waals surface area contributed by atoms with Crippen molar-refractivity contribution in [2.24, 2.45) is 0 Å². The van der Waals surface area contributed by atoms with Crippen LogP contribution in [-0.4, -0.2) is 28.4 Å². The fourth-order valence-electron chi connectivity index (χ4n) is 3.31. The van der Waals surface area contributed by atoms with E-state index in [9.17, 15) is 14.9 Å². The molecule has 1 amide bonds. The Hall–Kier alpha value is -3.34. The van der Waals surface area contributed by atoms with Crippen molar-refractivity contribution in [2.45, 2.75) is 53.3 Å². The molecule has 1 aromatic carbocycles. The van der Waals surface area contributed by atoms with E-state index in [4.69, 9.17) is 9.47 Å². The Kier molecular flexibility index (Phi) is 5.87. The third-order valence-corrected chi connectivity index (χ3v) is 4.90. The molecule has 2 aromatic rings. The third kappa shape index (κ3) is 4.24. The van der Waals surface area contributed by atoms with E-state index < -0.39 is 5.56 Å². The van der Waals surface area contributed by atoms with E-state index in [-0.39, 0.29) is 30.7 Å². The van der Waals surface area contributed by atoms with Crippen molar-refractivity contribution in [3.63, 3.8) is 0 Å². The van der Waals surface area contributed by atoms with Crippen LogP contribution >= 0.6 is 0 Å². The molecule has 0 aliphatic carbocycles. The molecule has 2 heterocycles. The number of benzene rings is 1. The fourth-order valence-corrected chi connectivity index (χ4v) is 3.31. The fraction of sp³-hybridized carbons (Fsp3) is 0.429. The van der Waals surface area contributed by atoms with Crippen LogP contribution in [-0.2, 0) is 24.3 Å². The minimum Gasteiger partial charge on any atom is -0.494 e. The van der Waals surface area contributed by atoms with E-state index in [2.05, 4.69) is 10.4 Å². The molecule has 8 heteroatoms. The summed E-state index contributed by atoms with van der Waals surface area (Å²) in [6.45, 7) is 7.74. The van der Waals surface area contributed by atoms with Gasteiger partial charge in [0.2, 0.25) is 5.91 Å². The number of carbonyl (C=O) groups excluding carboxylic acids is 1. The maximum atomic E-state index is 12.4. The maximum absolute atomic E-state index is 12.4. The number of aryl methyl sites for hydroxylation is 1. The Bertz CT molecular complexity index is 1050. The number of fused-ring (bicyclic) bond motifs is 1. The molecule has 8 nitrogen and oxygen atoms in total. The molecule has 0 radical (unpaired) electrons. The molecule has 0 saturated carbocycles. The average molecular weight is 396 g/mol. The topological polar surface area (TPSA) is 106 Å². The molecule has 0 saturated heterocycles. The van der Waals surface area contributed by atoms with E-state index in [0.717, 1.165) is 28.0 Å². The first kappa shape index (κ1) is 20.4. The highest BCUT2D eigenvalue weighted by molar-refractivity contribution is 5.75. The van der Waals surface area contributed by atoms with Crippen LogP contribution in [0.4, 0.5) is 0 Å². The molecule has 1 atom stereocenters. The Morgan fingerprint density at radius 2 is 2.21 bits per heavy atom. The second-order valence-electron chi connectivity index (χ2n) is 7.07. The first-order chi connectivity index (χ1) is 13.8. The molecule has 0 unspecified atom stereocenters. The second kappa shape index (κ2) is 8.35. The highest BCUT2D eigenvalue weighted by Gasteiger charge is 2.22. The summed E-state index contributed by atoms with van der Waals surface area (Å²) in [6, 6.07) is 5.73. The zero-order chi connectivity index (χ0) is 21.1. The number of carbonyl (C=O) groups is 1. The lowest BCUT2D eigenvalue weighted by Gasteiger charge is -2.14. The van der Waals surface area contributed by atoms with E-state index in [1.807, 2.05) is 32.0 Å². The van der Waals surface area contributed by atoms with Crippen molar-refractivity contribution in [1.82, 2.24) is 15.1 Å². The molecular formula is C21H24N4O4. The van der Waals surface area contributed by atoms with Crippen molar-refractivity contribution < 1.29 is 14.3 Å². The second-order valence-corrected chi connectivity index (χ2v) is 7.07. The summed E-state index contributed by atoms with van der Waals surface area (Å²) in [4.78, 5) is 24.8. The number of hydrogen-bond donors (Lipinski definition) is 1. The van der Waals surface area contributed by atoms with Gasteiger partial charge >= 0.3 is 0 Å². The van der Waals surface area contributed by atoms with Crippen LogP contribution in [0.15, 0.2) is 16.9 Å². The Labute approximate surface area is 169 Å². The monoisotopic (exact) mass is 396 g/mol. The number of hydrogen-bond acceptors (Lipinski definition) is 6. The molecule has 1 N–H and O–H groups in total. The van der Waals surface area contributed by atoms with Crippen LogP contribution in [0.1, 0.15) is 41.8 Å². The lowest BCUT2D eigenvalue weighted by atomic mass is 10.1. The molecule has 1 aromatic heterocycles. The van der Waals surface area contributed by atoms with Crippen molar-refractivity contribution in [3.05, 3.63) is 50.4 Å². The Morgan fingerprint density at radius 3 is 2.90 bits per heavy atom. The molecule has 0 spiro atoms. The minimum absolute atomic E-state index is 0.00817. The first-order valence-corrected chi connectivity index (χ1v) is 9.54. The van der Waals surface area contributed by atoms with Crippen LogP contribution in [0.25, 0.3) is 0 Å². The van der Waals surface area contributed by atoms with Gasteiger partial charge in [0, 0.05) is 24.1 Å².